The Kier molecular flexibility index (Phi) is 5.35. The zero-order valence-corrected chi connectivity index (χ0v) is 11.4. The SMILES string of the molecule is Cc1c(N)cccc1NC(=O)CSCC(C)C. The normalized spacial score (nSPS) is 10.6. The predicted molar refractivity (Wildman–Crippen MR) is 76.4 cm³/mol. The molecule has 1 rings (SSSR count). The number of thioether (sulfide) groups is 1. The lowest BCUT2D eigenvalue weighted by Gasteiger charge is -2.10. The maximum absolute atomic E-state index is 11.7. The highest BCUT2D eigenvalue weighted by Gasteiger charge is 2.06. The number of rotatable bonds is 5. The summed E-state index contributed by atoms with van der Waals surface area (Å²) >= 11 is 1.66. The van der Waals surface area contributed by atoms with Gasteiger partial charge in [-0.05, 0) is 36.3 Å². The molecular weight excluding hydrogens is 232 g/mol. The number of nitrogens with two attached hydrogens (primary N) is 1. The molecule has 0 fully saturated rings. The summed E-state index contributed by atoms with van der Waals surface area (Å²) in [5.41, 5.74) is 8.22. The van der Waals surface area contributed by atoms with Crippen LogP contribution in [0, 0.1) is 12.8 Å². The quantitative estimate of drug-likeness (QED) is 0.792. The van der Waals surface area contributed by atoms with Crippen molar-refractivity contribution in [2.24, 2.45) is 5.92 Å². The van der Waals surface area contributed by atoms with E-state index in [4.69, 9.17) is 5.73 Å². The molecular formula is C13H20N2OS. The molecule has 0 radical (unpaired) electrons. The van der Waals surface area contributed by atoms with E-state index in [2.05, 4.69) is 19.2 Å². The van der Waals surface area contributed by atoms with E-state index in [-0.39, 0.29) is 5.91 Å². The monoisotopic (exact) mass is 252 g/mol. The van der Waals surface area contributed by atoms with Gasteiger partial charge < -0.3 is 11.1 Å². The Morgan fingerprint density at radius 3 is 2.82 bits per heavy atom. The molecule has 1 amide bonds. The molecule has 0 aliphatic carbocycles. The fourth-order valence-electron chi connectivity index (χ4n) is 1.36. The van der Waals surface area contributed by atoms with Crippen molar-refractivity contribution in [2.75, 3.05) is 22.6 Å². The van der Waals surface area contributed by atoms with Crippen molar-refractivity contribution >= 4 is 29.0 Å². The van der Waals surface area contributed by atoms with Crippen LogP contribution in [-0.4, -0.2) is 17.4 Å². The Balaban J connectivity index is 2.48. The lowest BCUT2D eigenvalue weighted by Crippen LogP contribution is -2.16. The van der Waals surface area contributed by atoms with E-state index in [9.17, 15) is 4.79 Å². The van der Waals surface area contributed by atoms with Gasteiger partial charge in [-0.25, -0.2) is 0 Å². The first kappa shape index (κ1) is 13.9. The first-order chi connectivity index (χ1) is 8.00. The Morgan fingerprint density at radius 1 is 1.47 bits per heavy atom. The minimum atomic E-state index is 0.0318. The Labute approximate surface area is 107 Å². The number of nitrogen functional groups attached to an aromatic ring is 1. The van der Waals surface area contributed by atoms with Crippen LogP contribution in [0.3, 0.4) is 0 Å². The van der Waals surface area contributed by atoms with Gasteiger partial charge in [-0.15, -0.1) is 0 Å². The fourth-order valence-corrected chi connectivity index (χ4v) is 2.21. The van der Waals surface area contributed by atoms with Crippen LogP contribution in [0.4, 0.5) is 11.4 Å². The fraction of sp³-hybridized carbons (Fsp3) is 0.462. The van der Waals surface area contributed by atoms with Crippen LogP contribution in [0.2, 0.25) is 0 Å². The molecule has 0 saturated carbocycles. The van der Waals surface area contributed by atoms with Crippen molar-refractivity contribution < 1.29 is 4.79 Å². The second-order valence-electron chi connectivity index (χ2n) is 4.48. The summed E-state index contributed by atoms with van der Waals surface area (Å²) in [5.74, 6) is 2.14. The van der Waals surface area contributed by atoms with Crippen molar-refractivity contribution in [2.45, 2.75) is 20.8 Å². The highest BCUT2D eigenvalue weighted by Crippen LogP contribution is 2.20. The van der Waals surface area contributed by atoms with Gasteiger partial charge in [0, 0.05) is 11.4 Å². The number of carbonyl (C=O) groups excluding carboxylic acids is 1. The zero-order valence-electron chi connectivity index (χ0n) is 10.6. The summed E-state index contributed by atoms with van der Waals surface area (Å²) in [6.07, 6.45) is 0. The standard InChI is InChI=1S/C13H20N2OS/c1-9(2)7-17-8-13(16)15-12-6-4-5-11(14)10(12)3/h4-6,9H,7-8,14H2,1-3H3,(H,15,16). The molecule has 0 aliphatic rings. The van der Waals surface area contributed by atoms with Gasteiger partial charge in [0.25, 0.3) is 0 Å². The maximum atomic E-state index is 11.7. The Morgan fingerprint density at radius 2 is 2.18 bits per heavy atom. The molecule has 0 aromatic heterocycles. The van der Waals surface area contributed by atoms with Crippen LogP contribution < -0.4 is 11.1 Å². The van der Waals surface area contributed by atoms with Crippen molar-refractivity contribution in [3.63, 3.8) is 0 Å². The van der Waals surface area contributed by atoms with Crippen LogP contribution in [0.1, 0.15) is 19.4 Å². The summed E-state index contributed by atoms with van der Waals surface area (Å²) in [4.78, 5) is 11.7. The van der Waals surface area contributed by atoms with Gasteiger partial charge in [0.05, 0.1) is 5.75 Å². The summed E-state index contributed by atoms with van der Waals surface area (Å²) in [7, 11) is 0. The van der Waals surface area contributed by atoms with Gasteiger partial charge in [-0.3, -0.25) is 4.79 Å². The second-order valence-corrected chi connectivity index (χ2v) is 5.51. The molecule has 0 atom stereocenters. The van der Waals surface area contributed by atoms with Crippen LogP contribution in [0.25, 0.3) is 0 Å². The summed E-state index contributed by atoms with van der Waals surface area (Å²) < 4.78 is 0. The third-order valence-corrected chi connectivity index (χ3v) is 3.70. The van der Waals surface area contributed by atoms with Crippen molar-refractivity contribution in [3.05, 3.63) is 23.8 Å². The molecule has 17 heavy (non-hydrogen) atoms. The highest BCUT2D eigenvalue weighted by atomic mass is 32.2. The van der Waals surface area contributed by atoms with E-state index in [0.29, 0.717) is 17.4 Å². The molecule has 0 heterocycles. The molecule has 94 valence electrons. The number of nitrogens with one attached hydrogen (secondary N) is 1. The topological polar surface area (TPSA) is 55.1 Å². The third-order valence-electron chi connectivity index (χ3n) is 2.33. The van der Waals surface area contributed by atoms with E-state index >= 15 is 0 Å². The lowest BCUT2D eigenvalue weighted by molar-refractivity contribution is -0.113. The first-order valence-corrected chi connectivity index (χ1v) is 6.89. The van der Waals surface area contributed by atoms with E-state index in [1.54, 1.807) is 11.8 Å². The predicted octanol–water partition coefficient (Wildman–Crippen LogP) is 2.90. The summed E-state index contributed by atoms with van der Waals surface area (Å²) in [6.45, 7) is 6.20. The number of anilines is 2. The minimum absolute atomic E-state index is 0.0318. The van der Waals surface area contributed by atoms with Crippen molar-refractivity contribution in [3.8, 4) is 0 Å². The summed E-state index contributed by atoms with van der Waals surface area (Å²) in [6, 6.07) is 5.55. The zero-order chi connectivity index (χ0) is 12.8. The molecule has 1 aromatic rings. The molecule has 0 unspecified atom stereocenters. The molecule has 3 N–H and O–H groups in total. The largest absolute Gasteiger partial charge is 0.398 e. The second kappa shape index (κ2) is 6.55. The van der Waals surface area contributed by atoms with Crippen LogP contribution in [-0.2, 0) is 4.79 Å². The van der Waals surface area contributed by atoms with Gasteiger partial charge in [0.2, 0.25) is 5.91 Å². The number of benzene rings is 1. The van der Waals surface area contributed by atoms with Crippen LogP contribution in [0.5, 0.6) is 0 Å². The lowest BCUT2D eigenvalue weighted by atomic mass is 10.1. The molecule has 0 saturated heterocycles. The van der Waals surface area contributed by atoms with Crippen LogP contribution >= 0.6 is 11.8 Å². The molecule has 0 bridgehead atoms. The van der Waals surface area contributed by atoms with Gasteiger partial charge in [0.1, 0.15) is 0 Å². The van der Waals surface area contributed by atoms with E-state index in [0.717, 1.165) is 17.0 Å². The van der Waals surface area contributed by atoms with Crippen molar-refractivity contribution in [1.82, 2.24) is 0 Å². The van der Waals surface area contributed by atoms with Crippen molar-refractivity contribution in [1.29, 1.82) is 0 Å². The maximum Gasteiger partial charge on any atom is 0.234 e. The number of carbonyl (C=O) groups is 1. The number of amides is 1. The molecule has 3 nitrogen and oxygen atoms in total. The molecule has 4 heteroatoms. The number of hydrogen-bond acceptors (Lipinski definition) is 3. The molecule has 1 aromatic carbocycles. The average Bonchev–Trinajstić information content (AvgIpc) is 2.24. The minimum Gasteiger partial charge on any atom is -0.398 e. The third kappa shape index (κ3) is 4.69. The number of hydrogen-bond donors (Lipinski definition) is 2. The van der Waals surface area contributed by atoms with Gasteiger partial charge >= 0.3 is 0 Å². The van der Waals surface area contributed by atoms with E-state index in [1.807, 2.05) is 25.1 Å². The Bertz CT molecular complexity index is 391. The summed E-state index contributed by atoms with van der Waals surface area (Å²) in [5, 5.41) is 2.88. The van der Waals surface area contributed by atoms with E-state index in [1.165, 1.54) is 0 Å². The first-order valence-electron chi connectivity index (χ1n) is 5.73. The smallest absolute Gasteiger partial charge is 0.234 e. The van der Waals surface area contributed by atoms with Gasteiger partial charge in [-0.2, -0.15) is 11.8 Å². The van der Waals surface area contributed by atoms with Gasteiger partial charge in [0.15, 0.2) is 0 Å². The van der Waals surface area contributed by atoms with E-state index < -0.39 is 0 Å². The van der Waals surface area contributed by atoms with Gasteiger partial charge in [-0.1, -0.05) is 19.9 Å². The molecule has 0 spiro atoms. The molecule has 0 aliphatic heterocycles. The Hall–Kier alpha value is -1.16. The highest BCUT2D eigenvalue weighted by molar-refractivity contribution is 7.99. The van der Waals surface area contributed by atoms with Crippen LogP contribution in [0.15, 0.2) is 18.2 Å². The average molecular weight is 252 g/mol.